The van der Waals surface area contributed by atoms with E-state index in [1.165, 1.54) is 0 Å². The Bertz CT molecular complexity index is 229. The first-order chi connectivity index (χ1) is 7.32. The van der Waals surface area contributed by atoms with Crippen molar-refractivity contribution < 1.29 is 10.3 Å². The summed E-state index contributed by atoms with van der Waals surface area (Å²) in [5, 5.41) is 24.6. The van der Waals surface area contributed by atoms with E-state index in [-0.39, 0.29) is 11.9 Å². The van der Waals surface area contributed by atoms with E-state index in [2.05, 4.69) is 10.5 Å². The van der Waals surface area contributed by atoms with Gasteiger partial charge < -0.3 is 26.3 Å². The Morgan fingerprint density at radius 3 is 2.50 bits per heavy atom. The molecule has 96 valence electrons. The lowest BCUT2D eigenvalue weighted by Crippen LogP contribution is -2.51. The monoisotopic (exact) mass is 232 g/mol. The summed E-state index contributed by atoms with van der Waals surface area (Å²) in [7, 11) is 3.80. The summed E-state index contributed by atoms with van der Waals surface area (Å²) in [5.41, 5.74) is 4.66. The van der Waals surface area contributed by atoms with Crippen LogP contribution in [0.15, 0.2) is 5.16 Å². The average molecular weight is 232 g/mol. The second-order valence-corrected chi connectivity index (χ2v) is 4.60. The number of aliphatic hydroxyl groups is 1. The van der Waals surface area contributed by atoms with Crippen molar-refractivity contribution in [3.05, 3.63) is 0 Å². The molecule has 0 aliphatic carbocycles. The molecule has 0 radical (unpaired) electrons. The van der Waals surface area contributed by atoms with E-state index < -0.39 is 5.60 Å². The Labute approximate surface area is 97.1 Å². The maximum Gasteiger partial charge on any atom is 0.156 e. The molecule has 0 aliphatic rings. The van der Waals surface area contributed by atoms with Gasteiger partial charge in [-0.1, -0.05) is 12.1 Å². The van der Waals surface area contributed by atoms with Crippen LogP contribution in [0.5, 0.6) is 0 Å². The first-order valence-corrected chi connectivity index (χ1v) is 5.40. The van der Waals surface area contributed by atoms with Gasteiger partial charge in [0.2, 0.25) is 0 Å². The van der Waals surface area contributed by atoms with Crippen LogP contribution in [0.4, 0.5) is 0 Å². The van der Waals surface area contributed by atoms with E-state index >= 15 is 0 Å². The van der Waals surface area contributed by atoms with Crippen molar-refractivity contribution in [1.29, 1.82) is 0 Å². The second kappa shape index (κ2) is 6.67. The Kier molecular flexibility index (Phi) is 6.32. The van der Waals surface area contributed by atoms with Gasteiger partial charge in [0.25, 0.3) is 0 Å². The van der Waals surface area contributed by atoms with Crippen molar-refractivity contribution in [2.75, 3.05) is 27.2 Å². The number of nitrogens with one attached hydrogen (secondary N) is 1. The molecule has 0 aromatic heterocycles. The summed E-state index contributed by atoms with van der Waals surface area (Å²) in [4.78, 5) is 1.91. The minimum atomic E-state index is -0.841. The van der Waals surface area contributed by atoms with Gasteiger partial charge in [0.15, 0.2) is 5.84 Å². The van der Waals surface area contributed by atoms with Gasteiger partial charge in [-0.25, -0.2) is 0 Å². The van der Waals surface area contributed by atoms with Gasteiger partial charge >= 0.3 is 0 Å². The van der Waals surface area contributed by atoms with E-state index in [4.69, 9.17) is 10.9 Å². The molecule has 0 amide bonds. The van der Waals surface area contributed by atoms with Gasteiger partial charge in [0.05, 0.1) is 11.6 Å². The predicted octanol–water partition coefficient (Wildman–Crippen LogP) is -0.586. The van der Waals surface area contributed by atoms with Crippen LogP contribution in [-0.4, -0.2) is 59.9 Å². The molecular weight excluding hydrogens is 208 g/mol. The van der Waals surface area contributed by atoms with Crippen molar-refractivity contribution >= 4 is 5.84 Å². The van der Waals surface area contributed by atoms with E-state index in [1.807, 2.05) is 25.9 Å². The molecule has 5 N–H and O–H groups in total. The van der Waals surface area contributed by atoms with Crippen molar-refractivity contribution in [2.45, 2.75) is 31.9 Å². The minimum absolute atomic E-state index is 0.142. The molecule has 0 fully saturated rings. The molecule has 0 rings (SSSR count). The summed E-state index contributed by atoms with van der Waals surface area (Å²) >= 11 is 0. The van der Waals surface area contributed by atoms with E-state index in [1.54, 1.807) is 6.92 Å². The van der Waals surface area contributed by atoms with Crippen LogP contribution in [0, 0.1) is 0 Å². The SMILES string of the molecule is CCC(NCC(C)(O)CN(C)C)C(N)=NO. The minimum Gasteiger partial charge on any atom is -0.409 e. The maximum atomic E-state index is 10.0. The Hall–Kier alpha value is -0.850. The fourth-order valence-corrected chi connectivity index (χ4v) is 1.61. The van der Waals surface area contributed by atoms with E-state index in [0.29, 0.717) is 19.5 Å². The van der Waals surface area contributed by atoms with Gasteiger partial charge in [0, 0.05) is 13.1 Å². The van der Waals surface area contributed by atoms with Crippen LogP contribution in [-0.2, 0) is 0 Å². The van der Waals surface area contributed by atoms with Gasteiger partial charge in [-0.05, 0) is 27.4 Å². The predicted molar refractivity (Wildman–Crippen MR) is 64.7 cm³/mol. The smallest absolute Gasteiger partial charge is 0.156 e. The summed E-state index contributed by atoms with van der Waals surface area (Å²) < 4.78 is 0. The van der Waals surface area contributed by atoms with Crippen LogP contribution in [0.1, 0.15) is 20.3 Å². The highest BCUT2D eigenvalue weighted by Crippen LogP contribution is 2.04. The Morgan fingerprint density at radius 2 is 2.12 bits per heavy atom. The molecule has 16 heavy (non-hydrogen) atoms. The molecule has 2 unspecified atom stereocenters. The quantitative estimate of drug-likeness (QED) is 0.204. The standard InChI is InChI=1S/C10H24N4O2/c1-5-8(9(11)13-16)12-6-10(2,15)7-14(3)4/h8,12,15-16H,5-7H2,1-4H3,(H2,11,13). The number of nitrogens with zero attached hydrogens (tertiary/aromatic N) is 2. The highest BCUT2D eigenvalue weighted by atomic mass is 16.4. The summed E-state index contributed by atoms with van der Waals surface area (Å²) in [6, 6.07) is -0.210. The summed E-state index contributed by atoms with van der Waals surface area (Å²) in [5.74, 6) is 0.142. The fourth-order valence-electron chi connectivity index (χ4n) is 1.61. The highest BCUT2D eigenvalue weighted by Gasteiger charge is 2.23. The van der Waals surface area contributed by atoms with Crippen molar-refractivity contribution in [3.63, 3.8) is 0 Å². The molecule has 6 nitrogen and oxygen atoms in total. The normalized spacial score (nSPS) is 18.5. The molecule has 6 heteroatoms. The van der Waals surface area contributed by atoms with Gasteiger partial charge in [-0.3, -0.25) is 0 Å². The lowest BCUT2D eigenvalue weighted by atomic mass is 10.1. The third kappa shape index (κ3) is 5.89. The van der Waals surface area contributed by atoms with Crippen LogP contribution >= 0.6 is 0 Å². The molecule has 0 aromatic carbocycles. The first-order valence-electron chi connectivity index (χ1n) is 5.40. The molecule has 0 aromatic rings. The van der Waals surface area contributed by atoms with Crippen molar-refractivity contribution in [3.8, 4) is 0 Å². The number of hydrogen-bond donors (Lipinski definition) is 4. The summed E-state index contributed by atoms with van der Waals surface area (Å²) in [6.07, 6.45) is 0.702. The number of oxime groups is 1. The average Bonchev–Trinajstić information content (AvgIpc) is 2.16. The molecule has 0 saturated heterocycles. The largest absolute Gasteiger partial charge is 0.409 e. The molecule has 0 bridgehead atoms. The number of likely N-dealkylation sites (N-methyl/N-ethyl adjacent to an activating group) is 1. The van der Waals surface area contributed by atoms with Crippen LogP contribution < -0.4 is 11.1 Å². The Morgan fingerprint density at radius 1 is 1.56 bits per heavy atom. The molecule has 0 heterocycles. The zero-order valence-corrected chi connectivity index (χ0v) is 10.6. The third-order valence-corrected chi connectivity index (χ3v) is 2.27. The van der Waals surface area contributed by atoms with Crippen molar-refractivity contribution in [2.24, 2.45) is 10.9 Å². The lowest BCUT2D eigenvalue weighted by molar-refractivity contribution is 0.0327. The zero-order chi connectivity index (χ0) is 12.8. The molecular formula is C10H24N4O2. The van der Waals surface area contributed by atoms with E-state index in [0.717, 1.165) is 0 Å². The Balaban J connectivity index is 4.20. The van der Waals surface area contributed by atoms with Crippen molar-refractivity contribution in [1.82, 2.24) is 10.2 Å². The molecule has 2 atom stereocenters. The number of rotatable bonds is 7. The van der Waals surface area contributed by atoms with Crippen LogP contribution in [0.3, 0.4) is 0 Å². The lowest BCUT2D eigenvalue weighted by Gasteiger charge is -2.29. The highest BCUT2D eigenvalue weighted by molar-refractivity contribution is 5.85. The fraction of sp³-hybridized carbons (Fsp3) is 0.900. The van der Waals surface area contributed by atoms with Crippen LogP contribution in [0.25, 0.3) is 0 Å². The zero-order valence-electron chi connectivity index (χ0n) is 10.6. The van der Waals surface area contributed by atoms with Crippen LogP contribution in [0.2, 0.25) is 0 Å². The van der Waals surface area contributed by atoms with Gasteiger partial charge in [-0.2, -0.15) is 0 Å². The number of hydrogen-bond acceptors (Lipinski definition) is 5. The second-order valence-electron chi connectivity index (χ2n) is 4.60. The molecule has 0 saturated carbocycles. The number of nitrogens with two attached hydrogens (primary N) is 1. The molecule has 0 aliphatic heterocycles. The summed E-state index contributed by atoms with van der Waals surface area (Å²) in [6.45, 7) is 4.61. The topological polar surface area (TPSA) is 94.1 Å². The van der Waals surface area contributed by atoms with Gasteiger partial charge in [0.1, 0.15) is 0 Å². The van der Waals surface area contributed by atoms with Gasteiger partial charge in [-0.15, -0.1) is 0 Å². The molecule has 0 spiro atoms. The maximum absolute atomic E-state index is 10.0. The van der Waals surface area contributed by atoms with E-state index in [9.17, 15) is 5.11 Å². The number of amidine groups is 1. The first kappa shape index (κ1) is 15.2. The third-order valence-electron chi connectivity index (χ3n) is 2.27.